The van der Waals surface area contributed by atoms with Gasteiger partial charge in [-0.15, -0.1) is 0 Å². The van der Waals surface area contributed by atoms with E-state index in [2.05, 4.69) is 0 Å². The van der Waals surface area contributed by atoms with Gasteiger partial charge in [0, 0.05) is 0 Å². The van der Waals surface area contributed by atoms with E-state index in [1.54, 1.807) is 6.92 Å². The number of aliphatic carboxylic acids is 1. The minimum Gasteiger partial charge on any atom is -0.481 e. The molecule has 0 spiro atoms. The van der Waals surface area contributed by atoms with Crippen LogP contribution in [0.5, 0.6) is 0 Å². The van der Waals surface area contributed by atoms with Gasteiger partial charge in [-0.05, 0) is 19.8 Å². The second kappa shape index (κ2) is 8.13. The number of esters is 1. The molecule has 94 valence electrons. The van der Waals surface area contributed by atoms with Crippen LogP contribution in [0.1, 0.15) is 46.5 Å². The SMILES string of the molecule is CCC[C@H](C(=O)O)[C@H](CCC)C(=O)OCC. The molecule has 0 bridgehead atoms. The Bertz CT molecular complexity index is 225. The zero-order valence-corrected chi connectivity index (χ0v) is 10.4. The molecule has 2 atom stereocenters. The Morgan fingerprint density at radius 1 is 1.06 bits per heavy atom. The van der Waals surface area contributed by atoms with Gasteiger partial charge in [-0.3, -0.25) is 9.59 Å². The van der Waals surface area contributed by atoms with E-state index in [1.807, 2.05) is 13.8 Å². The molecular weight excluding hydrogens is 208 g/mol. The summed E-state index contributed by atoms with van der Waals surface area (Å²) in [6.45, 7) is 5.90. The van der Waals surface area contributed by atoms with Crippen molar-refractivity contribution in [2.75, 3.05) is 6.61 Å². The molecule has 0 aliphatic rings. The fourth-order valence-electron chi connectivity index (χ4n) is 1.85. The lowest BCUT2D eigenvalue weighted by molar-refractivity contribution is -0.158. The number of hydrogen-bond donors (Lipinski definition) is 1. The largest absolute Gasteiger partial charge is 0.481 e. The Kier molecular flexibility index (Phi) is 7.60. The predicted octanol–water partition coefficient (Wildman–Crippen LogP) is 2.47. The molecule has 0 amide bonds. The molecule has 0 aliphatic heterocycles. The Hall–Kier alpha value is -1.06. The predicted molar refractivity (Wildman–Crippen MR) is 61.1 cm³/mol. The fourth-order valence-corrected chi connectivity index (χ4v) is 1.85. The molecular formula is C12H22O4. The van der Waals surface area contributed by atoms with E-state index >= 15 is 0 Å². The van der Waals surface area contributed by atoms with Crippen molar-refractivity contribution in [3.8, 4) is 0 Å². The van der Waals surface area contributed by atoms with Crippen LogP contribution in [-0.2, 0) is 14.3 Å². The number of carboxylic acid groups (broad SMARTS) is 1. The van der Waals surface area contributed by atoms with Crippen molar-refractivity contribution in [1.29, 1.82) is 0 Å². The maximum absolute atomic E-state index is 11.7. The van der Waals surface area contributed by atoms with Crippen LogP contribution in [0.3, 0.4) is 0 Å². The van der Waals surface area contributed by atoms with Gasteiger partial charge in [-0.25, -0.2) is 0 Å². The molecule has 0 rings (SSSR count). The maximum atomic E-state index is 11.7. The molecule has 0 radical (unpaired) electrons. The first-order valence-corrected chi connectivity index (χ1v) is 5.97. The van der Waals surface area contributed by atoms with Crippen LogP contribution >= 0.6 is 0 Å². The molecule has 0 unspecified atom stereocenters. The highest BCUT2D eigenvalue weighted by Crippen LogP contribution is 2.24. The van der Waals surface area contributed by atoms with Crippen molar-refractivity contribution in [3.05, 3.63) is 0 Å². The number of carbonyl (C=O) groups excluding carboxylic acids is 1. The fraction of sp³-hybridized carbons (Fsp3) is 0.833. The van der Waals surface area contributed by atoms with E-state index < -0.39 is 17.8 Å². The first kappa shape index (κ1) is 14.9. The van der Waals surface area contributed by atoms with Gasteiger partial charge in [0.25, 0.3) is 0 Å². The second-order valence-electron chi connectivity index (χ2n) is 3.88. The highest BCUT2D eigenvalue weighted by Gasteiger charge is 2.33. The van der Waals surface area contributed by atoms with Crippen molar-refractivity contribution in [2.24, 2.45) is 11.8 Å². The van der Waals surface area contributed by atoms with Gasteiger partial charge in [0.05, 0.1) is 18.4 Å². The summed E-state index contributed by atoms with van der Waals surface area (Å²) in [5.74, 6) is -2.37. The topological polar surface area (TPSA) is 63.6 Å². The zero-order valence-electron chi connectivity index (χ0n) is 10.4. The van der Waals surface area contributed by atoms with Crippen LogP contribution in [0.4, 0.5) is 0 Å². The van der Waals surface area contributed by atoms with Crippen molar-refractivity contribution in [3.63, 3.8) is 0 Å². The summed E-state index contributed by atoms with van der Waals surface area (Å²) in [6.07, 6.45) is 2.65. The molecule has 0 saturated carbocycles. The summed E-state index contributed by atoms with van der Waals surface area (Å²) in [6, 6.07) is 0. The van der Waals surface area contributed by atoms with Crippen LogP contribution in [0.25, 0.3) is 0 Å². The number of hydrogen-bond acceptors (Lipinski definition) is 3. The molecule has 0 fully saturated rings. The number of rotatable bonds is 8. The molecule has 0 heterocycles. The van der Waals surface area contributed by atoms with E-state index in [-0.39, 0.29) is 5.97 Å². The zero-order chi connectivity index (χ0) is 12.6. The molecule has 0 aromatic carbocycles. The van der Waals surface area contributed by atoms with Gasteiger partial charge in [0.1, 0.15) is 0 Å². The van der Waals surface area contributed by atoms with Crippen LogP contribution in [0, 0.1) is 11.8 Å². The highest BCUT2D eigenvalue weighted by molar-refractivity contribution is 5.81. The molecule has 1 N–H and O–H groups in total. The van der Waals surface area contributed by atoms with E-state index in [1.165, 1.54) is 0 Å². The van der Waals surface area contributed by atoms with Gasteiger partial charge in [0.2, 0.25) is 0 Å². The quantitative estimate of drug-likeness (QED) is 0.650. The summed E-state index contributed by atoms with van der Waals surface area (Å²) in [7, 11) is 0. The summed E-state index contributed by atoms with van der Waals surface area (Å²) >= 11 is 0. The van der Waals surface area contributed by atoms with E-state index in [0.717, 1.165) is 12.8 Å². The van der Waals surface area contributed by atoms with Gasteiger partial charge < -0.3 is 9.84 Å². The Balaban J connectivity index is 4.68. The molecule has 0 aromatic heterocycles. The lowest BCUT2D eigenvalue weighted by Gasteiger charge is -2.21. The Morgan fingerprint density at radius 2 is 1.56 bits per heavy atom. The standard InChI is InChI=1S/C12H22O4/c1-4-7-9(11(13)14)10(8-5-2)12(15)16-6-3/h9-10H,4-8H2,1-3H3,(H,13,14)/t9-,10-/m0/s1. The van der Waals surface area contributed by atoms with Gasteiger partial charge in [-0.1, -0.05) is 26.7 Å². The summed E-state index contributed by atoms with van der Waals surface area (Å²) in [5, 5.41) is 9.11. The Labute approximate surface area is 97.0 Å². The van der Waals surface area contributed by atoms with Crippen molar-refractivity contribution in [1.82, 2.24) is 0 Å². The minimum absolute atomic E-state index is 0.303. The lowest BCUT2D eigenvalue weighted by atomic mass is 9.85. The average Bonchev–Trinajstić information content (AvgIpc) is 2.23. The smallest absolute Gasteiger partial charge is 0.309 e. The minimum atomic E-state index is -0.895. The van der Waals surface area contributed by atoms with Crippen LogP contribution in [0.2, 0.25) is 0 Å². The normalized spacial score (nSPS) is 14.2. The third kappa shape index (κ3) is 4.64. The summed E-state index contributed by atoms with van der Waals surface area (Å²) in [5.41, 5.74) is 0. The second-order valence-corrected chi connectivity index (χ2v) is 3.88. The molecule has 0 aliphatic carbocycles. The third-order valence-corrected chi connectivity index (χ3v) is 2.59. The molecule has 4 heteroatoms. The maximum Gasteiger partial charge on any atom is 0.309 e. The van der Waals surface area contributed by atoms with Gasteiger partial charge in [0.15, 0.2) is 0 Å². The van der Waals surface area contributed by atoms with Crippen molar-refractivity contribution < 1.29 is 19.4 Å². The average molecular weight is 230 g/mol. The van der Waals surface area contributed by atoms with Crippen molar-refractivity contribution in [2.45, 2.75) is 46.5 Å². The summed E-state index contributed by atoms with van der Waals surface area (Å²) in [4.78, 5) is 22.8. The number of carboxylic acids is 1. The lowest BCUT2D eigenvalue weighted by Crippen LogP contribution is -2.31. The Morgan fingerprint density at radius 3 is 1.94 bits per heavy atom. The molecule has 4 nitrogen and oxygen atoms in total. The summed E-state index contributed by atoms with van der Waals surface area (Å²) < 4.78 is 4.93. The van der Waals surface area contributed by atoms with Gasteiger partial charge in [-0.2, -0.15) is 0 Å². The number of carbonyl (C=O) groups is 2. The first-order valence-electron chi connectivity index (χ1n) is 5.97. The number of ether oxygens (including phenoxy) is 1. The van der Waals surface area contributed by atoms with Crippen LogP contribution in [0.15, 0.2) is 0 Å². The van der Waals surface area contributed by atoms with Crippen LogP contribution < -0.4 is 0 Å². The third-order valence-electron chi connectivity index (χ3n) is 2.59. The van der Waals surface area contributed by atoms with Crippen molar-refractivity contribution >= 4 is 11.9 Å². The van der Waals surface area contributed by atoms with Crippen LogP contribution in [-0.4, -0.2) is 23.7 Å². The van der Waals surface area contributed by atoms with E-state index in [0.29, 0.717) is 19.4 Å². The monoisotopic (exact) mass is 230 g/mol. The van der Waals surface area contributed by atoms with E-state index in [4.69, 9.17) is 9.84 Å². The molecule has 0 aromatic rings. The highest BCUT2D eigenvalue weighted by atomic mass is 16.5. The first-order chi connectivity index (χ1) is 7.58. The van der Waals surface area contributed by atoms with Gasteiger partial charge >= 0.3 is 11.9 Å². The van der Waals surface area contributed by atoms with E-state index in [9.17, 15) is 9.59 Å². The molecule has 16 heavy (non-hydrogen) atoms. The molecule has 0 saturated heterocycles.